The van der Waals surface area contributed by atoms with Crippen LogP contribution in [0.15, 0.2) is 52.2 Å². The Hall–Kier alpha value is -3.72. The molecule has 160 valence electrons. The highest BCUT2D eigenvalue weighted by molar-refractivity contribution is 6.10. The molecule has 0 aliphatic heterocycles. The van der Waals surface area contributed by atoms with Crippen LogP contribution in [0.5, 0.6) is 0 Å². The zero-order chi connectivity index (χ0) is 21.8. The molecule has 9 heteroatoms. The first-order chi connectivity index (χ1) is 15.0. The standard InChI is InChI=1S/C22H24N6O3/c1-14(2)30-12-6-10-24-22(29)18-19-21(27-17-9-4-3-8-16(17)26-19)28(20(18)23)25-13-15-7-5-11-31-15/h3-5,7-9,11,13-14H,6,10,12,23H2,1-2H3,(H,24,29). The molecule has 3 N–H and O–H groups in total. The average Bonchev–Trinajstić information content (AvgIpc) is 3.35. The van der Waals surface area contributed by atoms with Gasteiger partial charge in [-0.3, -0.25) is 4.79 Å². The number of aromatic nitrogens is 3. The third-order valence-electron chi connectivity index (χ3n) is 4.60. The lowest BCUT2D eigenvalue weighted by Crippen LogP contribution is -2.26. The third-order valence-corrected chi connectivity index (χ3v) is 4.60. The zero-order valence-corrected chi connectivity index (χ0v) is 17.4. The number of fused-ring (bicyclic) bond motifs is 2. The van der Waals surface area contributed by atoms with Crippen molar-refractivity contribution in [2.45, 2.75) is 26.4 Å². The maximum atomic E-state index is 13.0. The lowest BCUT2D eigenvalue weighted by Gasteiger charge is -2.08. The average molecular weight is 420 g/mol. The maximum absolute atomic E-state index is 13.0. The zero-order valence-electron chi connectivity index (χ0n) is 17.4. The van der Waals surface area contributed by atoms with Crippen LogP contribution in [0.2, 0.25) is 0 Å². The number of carbonyl (C=O) groups excluding carboxylic acids is 1. The van der Waals surface area contributed by atoms with Gasteiger partial charge in [0.05, 0.1) is 29.6 Å². The highest BCUT2D eigenvalue weighted by Gasteiger charge is 2.23. The Morgan fingerprint density at radius 2 is 2.03 bits per heavy atom. The van der Waals surface area contributed by atoms with Crippen molar-refractivity contribution in [3.8, 4) is 0 Å². The van der Waals surface area contributed by atoms with Gasteiger partial charge in [0, 0.05) is 13.2 Å². The summed E-state index contributed by atoms with van der Waals surface area (Å²) in [5, 5.41) is 7.27. The number of benzene rings is 1. The Balaban J connectivity index is 1.70. The van der Waals surface area contributed by atoms with E-state index in [1.54, 1.807) is 18.4 Å². The van der Waals surface area contributed by atoms with Crippen LogP contribution in [0.25, 0.3) is 22.2 Å². The number of nitrogen functional groups attached to an aromatic ring is 1. The van der Waals surface area contributed by atoms with Crippen LogP contribution in [0.1, 0.15) is 36.4 Å². The summed E-state index contributed by atoms with van der Waals surface area (Å²) in [5.41, 5.74) is 8.72. The Labute approximate surface area is 178 Å². The number of anilines is 1. The molecule has 0 saturated heterocycles. The van der Waals surface area contributed by atoms with E-state index in [1.807, 2.05) is 38.1 Å². The van der Waals surface area contributed by atoms with Crippen LogP contribution in [0.3, 0.4) is 0 Å². The first kappa shape index (κ1) is 20.5. The minimum atomic E-state index is -0.330. The van der Waals surface area contributed by atoms with E-state index in [4.69, 9.17) is 14.9 Å². The number of nitrogens with two attached hydrogens (primary N) is 1. The largest absolute Gasteiger partial charge is 0.463 e. The molecule has 4 aromatic rings. The molecule has 0 aliphatic carbocycles. The summed E-state index contributed by atoms with van der Waals surface area (Å²) in [6.45, 7) is 4.96. The Morgan fingerprint density at radius 3 is 2.74 bits per heavy atom. The third kappa shape index (κ3) is 4.41. The molecule has 0 bridgehead atoms. The summed E-state index contributed by atoms with van der Waals surface area (Å²) >= 11 is 0. The summed E-state index contributed by atoms with van der Waals surface area (Å²) in [7, 11) is 0. The molecule has 0 fully saturated rings. The van der Waals surface area contributed by atoms with Crippen molar-refractivity contribution in [3.63, 3.8) is 0 Å². The Kier molecular flexibility index (Phi) is 5.94. The fourth-order valence-corrected chi connectivity index (χ4v) is 3.15. The predicted octanol–water partition coefficient (Wildman–Crippen LogP) is 3.19. The number of amides is 1. The van der Waals surface area contributed by atoms with E-state index >= 15 is 0 Å². The van der Waals surface area contributed by atoms with E-state index in [9.17, 15) is 4.79 Å². The van der Waals surface area contributed by atoms with Crippen molar-refractivity contribution in [3.05, 3.63) is 54.0 Å². The number of nitrogens with one attached hydrogen (secondary N) is 1. The van der Waals surface area contributed by atoms with Gasteiger partial charge >= 0.3 is 0 Å². The maximum Gasteiger partial charge on any atom is 0.257 e. The molecule has 1 aromatic carbocycles. The van der Waals surface area contributed by atoms with Gasteiger partial charge in [-0.05, 0) is 44.5 Å². The van der Waals surface area contributed by atoms with E-state index in [1.165, 1.54) is 10.9 Å². The molecule has 1 amide bonds. The fraction of sp³-hybridized carbons (Fsp3) is 0.273. The minimum Gasteiger partial charge on any atom is -0.463 e. The molecule has 3 heterocycles. The molecule has 3 aromatic heterocycles. The highest BCUT2D eigenvalue weighted by atomic mass is 16.5. The monoisotopic (exact) mass is 420 g/mol. The number of rotatable bonds is 8. The summed E-state index contributed by atoms with van der Waals surface area (Å²) in [4.78, 5) is 22.3. The van der Waals surface area contributed by atoms with Gasteiger partial charge in [0.1, 0.15) is 22.7 Å². The summed E-state index contributed by atoms with van der Waals surface area (Å²) in [6, 6.07) is 10.9. The van der Waals surface area contributed by atoms with Crippen molar-refractivity contribution in [2.75, 3.05) is 18.9 Å². The molecule has 9 nitrogen and oxygen atoms in total. The summed E-state index contributed by atoms with van der Waals surface area (Å²) in [5.74, 6) is 0.374. The van der Waals surface area contributed by atoms with Crippen molar-refractivity contribution in [1.29, 1.82) is 0 Å². The van der Waals surface area contributed by atoms with Gasteiger partial charge in [-0.15, -0.1) is 0 Å². The molecule has 31 heavy (non-hydrogen) atoms. The van der Waals surface area contributed by atoms with E-state index in [0.29, 0.717) is 47.5 Å². The smallest absolute Gasteiger partial charge is 0.257 e. The topological polar surface area (TPSA) is 121 Å². The molecule has 0 saturated carbocycles. The lowest BCUT2D eigenvalue weighted by atomic mass is 10.2. The number of furan rings is 1. The van der Waals surface area contributed by atoms with Crippen molar-refractivity contribution >= 4 is 40.1 Å². The molecular weight excluding hydrogens is 396 g/mol. The van der Waals surface area contributed by atoms with Gasteiger partial charge in [0.15, 0.2) is 5.65 Å². The molecule has 4 rings (SSSR count). The number of ether oxygens (including phenoxy) is 1. The second kappa shape index (κ2) is 8.97. The summed E-state index contributed by atoms with van der Waals surface area (Å²) in [6.07, 6.45) is 3.90. The van der Waals surface area contributed by atoms with Crippen LogP contribution < -0.4 is 11.1 Å². The van der Waals surface area contributed by atoms with Crippen molar-refractivity contribution in [2.24, 2.45) is 5.10 Å². The highest BCUT2D eigenvalue weighted by Crippen LogP contribution is 2.27. The summed E-state index contributed by atoms with van der Waals surface area (Å²) < 4.78 is 12.2. The van der Waals surface area contributed by atoms with Gasteiger partial charge in [-0.1, -0.05) is 12.1 Å². The fourth-order valence-electron chi connectivity index (χ4n) is 3.15. The van der Waals surface area contributed by atoms with Crippen LogP contribution in [0.4, 0.5) is 5.82 Å². The first-order valence-electron chi connectivity index (χ1n) is 10.1. The van der Waals surface area contributed by atoms with Crippen LogP contribution in [-0.2, 0) is 4.74 Å². The van der Waals surface area contributed by atoms with Crippen LogP contribution >= 0.6 is 0 Å². The number of hydrogen-bond acceptors (Lipinski definition) is 7. The lowest BCUT2D eigenvalue weighted by molar-refractivity contribution is 0.0757. The van der Waals surface area contributed by atoms with Gasteiger partial charge in [-0.2, -0.15) is 9.78 Å². The normalized spacial score (nSPS) is 11.8. The molecule has 0 spiro atoms. The van der Waals surface area contributed by atoms with E-state index in [-0.39, 0.29) is 23.4 Å². The second-order valence-corrected chi connectivity index (χ2v) is 7.25. The van der Waals surface area contributed by atoms with Crippen molar-refractivity contribution < 1.29 is 13.9 Å². The van der Waals surface area contributed by atoms with Gasteiger partial charge in [-0.25, -0.2) is 9.97 Å². The number of carbonyl (C=O) groups is 1. The molecular formula is C22H24N6O3. The van der Waals surface area contributed by atoms with E-state index < -0.39 is 0 Å². The Bertz CT molecular complexity index is 1230. The Morgan fingerprint density at radius 1 is 1.26 bits per heavy atom. The molecule has 0 radical (unpaired) electrons. The molecule has 0 aliphatic rings. The predicted molar refractivity (Wildman–Crippen MR) is 119 cm³/mol. The van der Waals surface area contributed by atoms with Crippen molar-refractivity contribution in [1.82, 2.24) is 20.0 Å². The van der Waals surface area contributed by atoms with E-state index in [2.05, 4.69) is 20.4 Å². The molecule has 0 atom stereocenters. The van der Waals surface area contributed by atoms with E-state index in [0.717, 1.165) is 0 Å². The SMILES string of the molecule is CC(C)OCCCNC(=O)c1c(N)n(N=Cc2ccco2)c2nc3ccccc3nc12. The number of nitrogens with zero attached hydrogens (tertiary/aromatic N) is 4. The van der Waals surface area contributed by atoms with Gasteiger partial charge in [0.25, 0.3) is 5.91 Å². The van der Waals surface area contributed by atoms with Crippen LogP contribution in [0, 0.1) is 0 Å². The number of hydrogen-bond donors (Lipinski definition) is 2. The van der Waals surface area contributed by atoms with Crippen LogP contribution in [-0.4, -0.2) is 46.0 Å². The molecule has 0 unspecified atom stereocenters. The van der Waals surface area contributed by atoms with Gasteiger partial charge in [0.2, 0.25) is 0 Å². The van der Waals surface area contributed by atoms with Gasteiger partial charge < -0.3 is 20.2 Å². The first-order valence-corrected chi connectivity index (χ1v) is 10.1. The minimum absolute atomic E-state index is 0.153. The quantitative estimate of drug-likeness (QED) is 0.334. The number of para-hydroxylation sites is 2. The second-order valence-electron chi connectivity index (χ2n) is 7.25.